The lowest BCUT2D eigenvalue weighted by Gasteiger charge is -2.23. The highest BCUT2D eigenvalue weighted by atomic mass is 16.5. The fourth-order valence-electron chi connectivity index (χ4n) is 2.31. The maximum atomic E-state index is 5.82. The Labute approximate surface area is 107 Å². The summed E-state index contributed by atoms with van der Waals surface area (Å²) in [6.07, 6.45) is 4.04. The molecule has 1 atom stereocenters. The highest BCUT2D eigenvalue weighted by Crippen LogP contribution is 2.15. The monoisotopic (exact) mass is 251 g/mol. The zero-order chi connectivity index (χ0) is 12.8. The molecular formula is C12H21N5O. The van der Waals surface area contributed by atoms with E-state index in [1.54, 1.807) is 6.07 Å². The third kappa shape index (κ3) is 3.46. The molecular weight excluding hydrogens is 230 g/mol. The summed E-state index contributed by atoms with van der Waals surface area (Å²) in [7, 11) is 0. The van der Waals surface area contributed by atoms with Gasteiger partial charge in [0.2, 0.25) is 0 Å². The lowest BCUT2D eigenvalue weighted by atomic mass is 10.2. The number of rotatable bonds is 5. The number of likely N-dealkylation sites (tertiary alicyclic amines) is 1. The van der Waals surface area contributed by atoms with Gasteiger partial charge in [0.25, 0.3) is 0 Å². The molecule has 0 aliphatic carbocycles. The highest BCUT2D eigenvalue weighted by molar-refractivity contribution is 5.77. The van der Waals surface area contributed by atoms with Gasteiger partial charge in [-0.3, -0.25) is 4.90 Å². The SMILES string of the molecule is CCN1CCCC1CNC(N)=NCc1ccon1. The number of aliphatic imine (C=N–C) groups is 1. The van der Waals surface area contributed by atoms with Crippen LogP contribution >= 0.6 is 0 Å². The Morgan fingerprint density at radius 1 is 1.72 bits per heavy atom. The average Bonchev–Trinajstić information content (AvgIpc) is 3.04. The number of likely N-dealkylation sites (N-methyl/N-ethyl adjacent to an activating group) is 1. The molecule has 0 spiro atoms. The van der Waals surface area contributed by atoms with E-state index in [2.05, 4.69) is 27.3 Å². The standard InChI is InChI=1S/C12H21N5O/c1-2-17-6-3-4-11(17)9-15-12(13)14-8-10-5-7-18-16-10/h5,7,11H,2-4,6,8-9H2,1H3,(H3,13,14,15). The first kappa shape index (κ1) is 12.9. The smallest absolute Gasteiger partial charge is 0.189 e. The Balaban J connectivity index is 1.74. The second-order valence-corrected chi connectivity index (χ2v) is 4.50. The van der Waals surface area contributed by atoms with Gasteiger partial charge in [0, 0.05) is 18.7 Å². The van der Waals surface area contributed by atoms with Gasteiger partial charge in [-0.25, -0.2) is 4.99 Å². The number of guanidine groups is 1. The van der Waals surface area contributed by atoms with Gasteiger partial charge in [-0.05, 0) is 25.9 Å². The van der Waals surface area contributed by atoms with Gasteiger partial charge in [-0.1, -0.05) is 12.1 Å². The Bertz CT molecular complexity index is 376. The molecule has 1 aliphatic heterocycles. The van der Waals surface area contributed by atoms with Crippen LogP contribution in [0.2, 0.25) is 0 Å². The zero-order valence-corrected chi connectivity index (χ0v) is 10.8. The van der Waals surface area contributed by atoms with E-state index in [-0.39, 0.29) is 0 Å². The van der Waals surface area contributed by atoms with Gasteiger partial charge in [0.1, 0.15) is 12.0 Å². The quantitative estimate of drug-likeness (QED) is 0.590. The van der Waals surface area contributed by atoms with Crippen molar-refractivity contribution in [3.05, 3.63) is 18.0 Å². The lowest BCUT2D eigenvalue weighted by Crippen LogP contribution is -2.42. The van der Waals surface area contributed by atoms with Crippen molar-refractivity contribution in [2.45, 2.75) is 32.4 Å². The Kier molecular flexibility index (Phi) is 4.58. The van der Waals surface area contributed by atoms with Crippen LogP contribution in [0.5, 0.6) is 0 Å². The first-order valence-electron chi connectivity index (χ1n) is 6.46. The summed E-state index contributed by atoms with van der Waals surface area (Å²) in [4.78, 5) is 6.69. The van der Waals surface area contributed by atoms with Gasteiger partial charge >= 0.3 is 0 Å². The van der Waals surface area contributed by atoms with E-state index in [9.17, 15) is 0 Å². The number of nitrogens with one attached hydrogen (secondary N) is 1. The molecule has 100 valence electrons. The van der Waals surface area contributed by atoms with E-state index in [1.165, 1.54) is 25.6 Å². The summed E-state index contributed by atoms with van der Waals surface area (Å²) in [6.45, 7) is 5.81. The van der Waals surface area contributed by atoms with Crippen LogP contribution < -0.4 is 11.1 Å². The van der Waals surface area contributed by atoms with E-state index in [1.807, 2.05) is 0 Å². The Morgan fingerprint density at radius 3 is 3.33 bits per heavy atom. The second-order valence-electron chi connectivity index (χ2n) is 4.50. The highest BCUT2D eigenvalue weighted by Gasteiger charge is 2.22. The minimum Gasteiger partial charge on any atom is -0.370 e. The number of nitrogens with zero attached hydrogens (tertiary/aromatic N) is 3. The molecule has 0 amide bonds. The maximum Gasteiger partial charge on any atom is 0.189 e. The minimum atomic E-state index is 0.456. The molecule has 18 heavy (non-hydrogen) atoms. The molecule has 6 heteroatoms. The van der Waals surface area contributed by atoms with E-state index < -0.39 is 0 Å². The number of hydrogen-bond donors (Lipinski definition) is 2. The van der Waals surface area contributed by atoms with Crippen LogP contribution in [-0.4, -0.2) is 41.7 Å². The molecule has 0 saturated carbocycles. The van der Waals surface area contributed by atoms with Gasteiger partial charge in [-0.2, -0.15) is 0 Å². The molecule has 1 aromatic rings. The summed E-state index contributed by atoms with van der Waals surface area (Å²) in [5.41, 5.74) is 6.61. The number of hydrogen-bond acceptors (Lipinski definition) is 4. The molecule has 1 unspecified atom stereocenters. The molecule has 2 heterocycles. The van der Waals surface area contributed by atoms with Crippen molar-refractivity contribution >= 4 is 5.96 Å². The maximum absolute atomic E-state index is 5.82. The molecule has 3 N–H and O–H groups in total. The van der Waals surface area contributed by atoms with Crippen molar-refractivity contribution in [3.8, 4) is 0 Å². The first-order chi connectivity index (χ1) is 8.79. The summed E-state index contributed by atoms with van der Waals surface area (Å²) in [5, 5.41) is 6.96. The van der Waals surface area contributed by atoms with Crippen LogP contribution in [0.15, 0.2) is 21.8 Å². The van der Waals surface area contributed by atoms with Crippen molar-refractivity contribution in [2.75, 3.05) is 19.6 Å². The van der Waals surface area contributed by atoms with E-state index in [0.717, 1.165) is 18.8 Å². The van der Waals surface area contributed by atoms with Gasteiger partial charge < -0.3 is 15.6 Å². The van der Waals surface area contributed by atoms with Gasteiger partial charge in [0.05, 0.1) is 6.54 Å². The van der Waals surface area contributed by atoms with Crippen LogP contribution in [0, 0.1) is 0 Å². The van der Waals surface area contributed by atoms with Crippen molar-refractivity contribution < 1.29 is 4.52 Å². The van der Waals surface area contributed by atoms with Crippen molar-refractivity contribution in [3.63, 3.8) is 0 Å². The normalized spacial score (nSPS) is 21.4. The molecule has 0 bridgehead atoms. The summed E-state index contributed by atoms with van der Waals surface area (Å²) >= 11 is 0. The Morgan fingerprint density at radius 2 is 2.61 bits per heavy atom. The Hall–Kier alpha value is -1.56. The molecule has 1 aromatic heterocycles. The van der Waals surface area contributed by atoms with Gasteiger partial charge in [0.15, 0.2) is 5.96 Å². The molecule has 2 rings (SSSR count). The predicted molar refractivity (Wildman–Crippen MR) is 70.1 cm³/mol. The second kappa shape index (κ2) is 6.39. The van der Waals surface area contributed by atoms with Gasteiger partial charge in [-0.15, -0.1) is 0 Å². The fourth-order valence-corrected chi connectivity index (χ4v) is 2.31. The van der Waals surface area contributed by atoms with Crippen LogP contribution in [0.3, 0.4) is 0 Å². The zero-order valence-electron chi connectivity index (χ0n) is 10.8. The van der Waals surface area contributed by atoms with E-state index >= 15 is 0 Å². The van der Waals surface area contributed by atoms with Crippen LogP contribution in [0.25, 0.3) is 0 Å². The third-order valence-electron chi connectivity index (χ3n) is 3.33. The summed E-state index contributed by atoms with van der Waals surface area (Å²) < 4.78 is 4.73. The van der Waals surface area contributed by atoms with E-state index in [4.69, 9.17) is 10.3 Å². The number of aromatic nitrogens is 1. The fraction of sp³-hybridized carbons (Fsp3) is 0.667. The summed E-state index contributed by atoms with van der Waals surface area (Å²) in [6, 6.07) is 2.36. The molecule has 0 aromatic carbocycles. The van der Waals surface area contributed by atoms with Crippen molar-refractivity contribution in [1.82, 2.24) is 15.4 Å². The van der Waals surface area contributed by atoms with Crippen molar-refractivity contribution in [1.29, 1.82) is 0 Å². The lowest BCUT2D eigenvalue weighted by molar-refractivity contribution is 0.267. The van der Waals surface area contributed by atoms with Crippen LogP contribution in [-0.2, 0) is 6.54 Å². The predicted octanol–water partition coefficient (Wildman–Crippen LogP) is 0.563. The molecule has 1 aliphatic rings. The van der Waals surface area contributed by atoms with Crippen LogP contribution in [0.1, 0.15) is 25.5 Å². The van der Waals surface area contributed by atoms with E-state index in [0.29, 0.717) is 18.5 Å². The molecule has 6 nitrogen and oxygen atoms in total. The molecule has 0 radical (unpaired) electrons. The number of nitrogens with two attached hydrogens (primary N) is 1. The first-order valence-corrected chi connectivity index (χ1v) is 6.46. The summed E-state index contributed by atoms with van der Waals surface area (Å²) in [5.74, 6) is 0.473. The third-order valence-corrected chi connectivity index (χ3v) is 3.33. The molecule has 1 saturated heterocycles. The van der Waals surface area contributed by atoms with Crippen molar-refractivity contribution in [2.24, 2.45) is 10.7 Å². The van der Waals surface area contributed by atoms with Crippen LogP contribution in [0.4, 0.5) is 0 Å². The topological polar surface area (TPSA) is 79.7 Å². The average molecular weight is 251 g/mol. The minimum absolute atomic E-state index is 0.456. The largest absolute Gasteiger partial charge is 0.370 e. The molecule has 1 fully saturated rings.